The summed E-state index contributed by atoms with van der Waals surface area (Å²) < 4.78 is 49.2. The van der Waals surface area contributed by atoms with E-state index in [2.05, 4.69) is 19.2 Å². The summed E-state index contributed by atoms with van der Waals surface area (Å²) in [6.45, 7) is 1.40. The molecule has 8 heteroatoms. The molecule has 0 atom stereocenters. The number of hydrogen-bond donors (Lipinski definition) is 0. The maximum absolute atomic E-state index is 12.1. The molecule has 1 aromatic rings. The molecule has 0 unspecified atom stereocenters. The van der Waals surface area contributed by atoms with E-state index in [9.17, 15) is 18.0 Å². The summed E-state index contributed by atoms with van der Waals surface area (Å²) in [6, 6.07) is 1.01. The molecule has 0 saturated carbocycles. The molecule has 0 aliphatic heterocycles. The first-order chi connectivity index (χ1) is 8.28. The Kier molecular flexibility index (Phi) is 4.00. The zero-order valence-electron chi connectivity index (χ0n) is 9.79. The number of ether oxygens (including phenoxy) is 3. The second-order valence-corrected chi connectivity index (χ2v) is 3.20. The number of methoxy groups -OCH3 is 2. The monoisotopic (exact) mass is 265 g/mol. The van der Waals surface area contributed by atoms with Gasteiger partial charge in [0.2, 0.25) is 0 Å². The number of rotatable bonds is 3. The standard InChI is InChI=1S/C10H10F3NO4/c1-5-4-6(18-10(11,12)13)8(16-2)14-7(5)9(15)17-3/h4H,1-3H3. The average molecular weight is 265 g/mol. The molecule has 1 heterocycles. The van der Waals surface area contributed by atoms with E-state index < -0.39 is 24.0 Å². The molecule has 18 heavy (non-hydrogen) atoms. The molecule has 0 amide bonds. The Hall–Kier alpha value is -1.99. The van der Waals surface area contributed by atoms with Gasteiger partial charge in [-0.05, 0) is 18.6 Å². The van der Waals surface area contributed by atoms with Crippen molar-refractivity contribution in [3.63, 3.8) is 0 Å². The van der Waals surface area contributed by atoms with E-state index in [0.29, 0.717) is 0 Å². The number of carbonyl (C=O) groups excluding carboxylic acids is 1. The molecule has 0 aliphatic rings. The summed E-state index contributed by atoms with van der Waals surface area (Å²) >= 11 is 0. The van der Waals surface area contributed by atoms with Gasteiger partial charge >= 0.3 is 12.3 Å². The van der Waals surface area contributed by atoms with Gasteiger partial charge in [0.25, 0.3) is 5.88 Å². The van der Waals surface area contributed by atoms with Gasteiger partial charge in [0.1, 0.15) is 0 Å². The fraction of sp³-hybridized carbons (Fsp3) is 0.400. The summed E-state index contributed by atoms with van der Waals surface area (Å²) in [5.74, 6) is -1.84. The number of aromatic nitrogens is 1. The number of hydrogen-bond acceptors (Lipinski definition) is 5. The first kappa shape index (κ1) is 14.1. The van der Waals surface area contributed by atoms with E-state index in [4.69, 9.17) is 0 Å². The number of carbonyl (C=O) groups is 1. The summed E-state index contributed by atoms with van der Waals surface area (Å²) in [7, 11) is 2.25. The van der Waals surface area contributed by atoms with Gasteiger partial charge < -0.3 is 14.2 Å². The van der Waals surface area contributed by atoms with Gasteiger partial charge in [-0.3, -0.25) is 0 Å². The molecule has 0 fully saturated rings. The van der Waals surface area contributed by atoms with Crippen LogP contribution in [0.4, 0.5) is 13.2 Å². The van der Waals surface area contributed by atoms with Crippen molar-refractivity contribution in [2.45, 2.75) is 13.3 Å². The number of halogens is 3. The lowest BCUT2D eigenvalue weighted by Gasteiger charge is -2.13. The molecule has 5 nitrogen and oxygen atoms in total. The van der Waals surface area contributed by atoms with Crippen LogP contribution >= 0.6 is 0 Å². The first-order valence-corrected chi connectivity index (χ1v) is 4.68. The largest absolute Gasteiger partial charge is 0.573 e. The highest BCUT2D eigenvalue weighted by Crippen LogP contribution is 2.32. The first-order valence-electron chi connectivity index (χ1n) is 4.68. The Balaban J connectivity index is 3.23. The van der Waals surface area contributed by atoms with E-state index in [0.717, 1.165) is 20.3 Å². The van der Waals surface area contributed by atoms with Crippen molar-refractivity contribution in [1.29, 1.82) is 0 Å². The maximum atomic E-state index is 12.1. The van der Waals surface area contributed by atoms with Gasteiger partial charge in [0, 0.05) is 0 Å². The number of pyridine rings is 1. The third-order valence-electron chi connectivity index (χ3n) is 1.94. The molecule has 0 N–H and O–H groups in total. The van der Waals surface area contributed by atoms with Crippen molar-refractivity contribution in [2.75, 3.05) is 14.2 Å². The Bertz CT molecular complexity index is 459. The Morgan fingerprint density at radius 1 is 1.33 bits per heavy atom. The van der Waals surface area contributed by atoms with Crippen LogP contribution in [0.25, 0.3) is 0 Å². The van der Waals surface area contributed by atoms with Gasteiger partial charge in [-0.25, -0.2) is 9.78 Å². The van der Waals surface area contributed by atoms with Gasteiger partial charge in [-0.1, -0.05) is 0 Å². The number of alkyl halides is 3. The fourth-order valence-corrected chi connectivity index (χ4v) is 1.22. The van der Waals surface area contributed by atoms with E-state index in [1.54, 1.807) is 0 Å². The molecule has 1 aromatic heterocycles. The van der Waals surface area contributed by atoms with Crippen molar-refractivity contribution >= 4 is 5.97 Å². The average Bonchev–Trinajstić information content (AvgIpc) is 2.26. The Morgan fingerprint density at radius 3 is 2.39 bits per heavy atom. The lowest BCUT2D eigenvalue weighted by Crippen LogP contribution is -2.19. The van der Waals surface area contributed by atoms with Gasteiger partial charge in [0.15, 0.2) is 11.4 Å². The zero-order valence-corrected chi connectivity index (χ0v) is 9.79. The summed E-state index contributed by atoms with van der Waals surface area (Å²) in [5.41, 5.74) is 0.0470. The van der Waals surface area contributed by atoms with Crippen LogP contribution in [-0.2, 0) is 4.74 Å². The van der Waals surface area contributed by atoms with E-state index >= 15 is 0 Å². The van der Waals surface area contributed by atoms with E-state index in [1.807, 2.05) is 0 Å². The minimum atomic E-state index is -4.87. The summed E-state index contributed by atoms with van der Waals surface area (Å²) in [4.78, 5) is 14.9. The van der Waals surface area contributed by atoms with Crippen molar-refractivity contribution in [3.05, 3.63) is 17.3 Å². The van der Waals surface area contributed by atoms with Crippen LogP contribution in [0.15, 0.2) is 6.07 Å². The number of nitrogens with zero attached hydrogens (tertiary/aromatic N) is 1. The molecule has 0 aliphatic carbocycles. The lowest BCUT2D eigenvalue weighted by molar-refractivity contribution is -0.275. The normalized spacial score (nSPS) is 11.0. The summed E-state index contributed by atoms with van der Waals surface area (Å²) in [5, 5.41) is 0. The molecule has 0 bridgehead atoms. The third-order valence-corrected chi connectivity index (χ3v) is 1.94. The second-order valence-electron chi connectivity index (χ2n) is 3.20. The van der Waals surface area contributed by atoms with Crippen LogP contribution in [0.5, 0.6) is 11.6 Å². The van der Waals surface area contributed by atoms with Crippen LogP contribution in [0, 0.1) is 6.92 Å². The van der Waals surface area contributed by atoms with Gasteiger partial charge in [0.05, 0.1) is 14.2 Å². The van der Waals surface area contributed by atoms with Crippen molar-refractivity contribution in [1.82, 2.24) is 4.98 Å². The minimum absolute atomic E-state index is 0.135. The second kappa shape index (κ2) is 5.11. The Labute approximate surface area is 100 Å². The molecule has 0 radical (unpaired) electrons. The van der Waals surface area contributed by atoms with Crippen molar-refractivity contribution in [3.8, 4) is 11.6 Å². The van der Waals surface area contributed by atoms with Crippen LogP contribution in [0.3, 0.4) is 0 Å². The Morgan fingerprint density at radius 2 is 1.94 bits per heavy atom. The predicted molar refractivity (Wildman–Crippen MR) is 53.5 cm³/mol. The number of aryl methyl sites for hydroxylation is 1. The molecular formula is C10H10F3NO4. The van der Waals surface area contributed by atoms with Gasteiger partial charge in [-0.15, -0.1) is 13.2 Å². The zero-order chi connectivity index (χ0) is 13.9. The molecule has 100 valence electrons. The van der Waals surface area contributed by atoms with Crippen molar-refractivity contribution in [2.24, 2.45) is 0 Å². The predicted octanol–water partition coefficient (Wildman–Crippen LogP) is 2.08. The molecule has 0 spiro atoms. The number of esters is 1. The topological polar surface area (TPSA) is 57.7 Å². The molecule has 0 saturated heterocycles. The van der Waals surface area contributed by atoms with Crippen LogP contribution in [-0.4, -0.2) is 31.5 Å². The SMILES string of the molecule is COC(=O)c1nc(OC)c(OC(F)(F)F)cc1C. The van der Waals surface area contributed by atoms with Crippen LogP contribution in [0.2, 0.25) is 0 Å². The van der Waals surface area contributed by atoms with E-state index in [-0.39, 0.29) is 11.3 Å². The van der Waals surface area contributed by atoms with Gasteiger partial charge in [-0.2, -0.15) is 0 Å². The maximum Gasteiger partial charge on any atom is 0.573 e. The highest BCUT2D eigenvalue weighted by molar-refractivity contribution is 5.89. The van der Waals surface area contributed by atoms with Crippen LogP contribution < -0.4 is 9.47 Å². The molecule has 1 rings (SSSR count). The quantitative estimate of drug-likeness (QED) is 0.783. The fourth-order valence-electron chi connectivity index (χ4n) is 1.22. The third kappa shape index (κ3) is 3.25. The highest BCUT2D eigenvalue weighted by atomic mass is 19.4. The smallest absolute Gasteiger partial charge is 0.478 e. The highest BCUT2D eigenvalue weighted by Gasteiger charge is 2.33. The molecule has 0 aromatic carbocycles. The lowest BCUT2D eigenvalue weighted by atomic mass is 10.2. The van der Waals surface area contributed by atoms with Crippen LogP contribution in [0.1, 0.15) is 16.1 Å². The van der Waals surface area contributed by atoms with Crippen molar-refractivity contribution < 1.29 is 32.2 Å². The molecular weight excluding hydrogens is 255 g/mol. The minimum Gasteiger partial charge on any atom is -0.478 e. The van der Waals surface area contributed by atoms with E-state index in [1.165, 1.54) is 6.92 Å². The summed E-state index contributed by atoms with van der Waals surface area (Å²) in [6.07, 6.45) is -4.87.